The molecule has 1 aliphatic heterocycles. The second-order valence-electron chi connectivity index (χ2n) is 6.58. The van der Waals surface area contributed by atoms with Crippen LogP contribution in [0, 0.1) is 5.92 Å². The summed E-state index contributed by atoms with van der Waals surface area (Å²) in [5.41, 5.74) is -0.658. The van der Waals surface area contributed by atoms with Crippen molar-refractivity contribution in [1.29, 1.82) is 0 Å². The Labute approximate surface area is 127 Å². The van der Waals surface area contributed by atoms with Crippen LogP contribution in [0.5, 0.6) is 0 Å². The van der Waals surface area contributed by atoms with Gasteiger partial charge in [0.05, 0.1) is 0 Å². The maximum absolute atomic E-state index is 12.6. The summed E-state index contributed by atoms with van der Waals surface area (Å²) >= 11 is 0. The zero-order chi connectivity index (χ0) is 15.1. The predicted octanol–water partition coefficient (Wildman–Crippen LogP) is 1.33. The Morgan fingerprint density at radius 2 is 1.95 bits per heavy atom. The van der Waals surface area contributed by atoms with E-state index in [0.29, 0.717) is 12.5 Å². The minimum atomic E-state index is -0.658. The Kier molecular flexibility index (Phi) is 6.03. The van der Waals surface area contributed by atoms with Gasteiger partial charge in [0.15, 0.2) is 0 Å². The van der Waals surface area contributed by atoms with Crippen molar-refractivity contribution in [2.24, 2.45) is 5.92 Å². The lowest BCUT2D eigenvalue weighted by Crippen LogP contribution is -2.59. The molecule has 5 nitrogen and oxygen atoms in total. The van der Waals surface area contributed by atoms with E-state index in [9.17, 15) is 9.59 Å². The van der Waals surface area contributed by atoms with E-state index < -0.39 is 5.54 Å². The molecule has 1 unspecified atom stereocenters. The van der Waals surface area contributed by atoms with Gasteiger partial charge in [0, 0.05) is 13.5 Å². The highest BCUT2D eigenvalue weighted by Crippen LogP contribution is 2.28. The van der Waals surface area contributed by atoms with Crippen molar-refractivity contribution in [1.82, 2.24) is 16.0 Å². The van der Waals surface area contributed by atoms with Gasteiger partial charge in [-0.3, -0.25) is 9.59 Å². The molecule has 2 aliphatic rings. The zero-order valence-corrected chi connectivity index (χ0v) is 13.2. The van der Waals surface area contributed by atoms with Crippen LogP contribution in [0.2, 0.25) is 0 Å². The van der Waals surface area contributed by atoms with Crippen molar-refractivity contribution < 1.29 is 9.59 Å². The highest BCUT2D eigenvalue weighted by Gasteiger charge is 2.39. The van der Waals surface area contributed by atoms with Gasteiger partial charge < -0.3 is 16.0 Å². The maximum atomic E-state index is 12.6. The number of rotatable bonds is 5. The van der Waals surface area contributed by atoms with E-state index in [1.807, 2.05) is 0 Å². The number of hydrogen-bond donors (Lipinski definition) is 3. The zero-order valence-electron chi connectivity index (χ0n) is 13.2. The Hall–Kier alpha value is -1.10. The van der Waals surface area contributed by atoms with E-state index in [0.717, 1.165) is 51.6 Å². The van der Waals surface area contributed by atoms with Gasteiger partial charge in [-0.15, -0.1) is 0 Å². The van der Waals surface area contributed by atoms with Crippen LogP contribution in [-0.4, -0.2) is 37.0 Å². The number of nitrogens with one attached hydrogen (secondary N) is 3. The van der Waals surface area contributed by atoms with Crippen molar-refractivity contribution in [3.05, 3.63) is 0 Å². The number of piperidine rings is 1. The lowest BCUT2D eigenvalue weighted by molar-refractivity contribution is -0.134. The van der Waals surface area contributed by atoms with E-state index >= 15 is 0 Å². The lowest BCUT2D eigenvalue weighted by Gasteiger charge is -2.36. The minimum Gasteiger partial charge on any atom is -0.354 e. The van der Waals surface area contributed by atoms with Crippen LogP contribution < -0.4 is 16.0 Å². The molecule has 2 amide bonds. The third-order valence-electron chi connectivity index (χ3n) is 4.79. The average Bonchev–Trinajstić information content (AvgIpc) is 2.48. The lowest BCUT2D eigenvalue weighted by atomic mass is 9.80. The number of amides is 2. The fourth-order valence-corrected chi connectivity index (χ4v) is 3.63. The summed E-state index contributed by atoms with van der Waals surface area (Å²) < 4.78 is 0. The molecule has 0 aromatic carbocycles. The van der Waals surface area contributed by atoms with Gasteiger partial charge in [0.2, 0.25) is 11.8 Å². The first-order chi connectivity index (χ1) is 10.1. The van der Waals surface area contributed by atoms with Crippen LogP contribution in [0.4, 0.5) is 0 Å². The quantitative estimate of drug-likeness (QED) is 0.716. The van der Waals surface area contributed by atoms with Crippen LogP contribution in [0.1, 0.15) is 58.3 Å². The van der Waals surface area contributed by atoms with Crippen LogP contribution in [0.25, 0.3) is 0 Å². The SMILES string of the molecule is CC(=O)NC1(C(=O)NCCC2CCCNC2)CCCCC1. The third-order valence-corrected chi connectivity index (χ3v) is 4.79. The summed E-state index contributed by atoms with van der Waals surface area (Å²) in [6.07, 6.45) is 8.22. The molecule has 1 saturated heterocycles. The number of hydrogen-bond acceptors (Lipinski definition) is 3. The standard InChI is InChI=1S/C16H29N3O2/c1-13(20)19-16(8-3-2-4-9-16)15(21)18-11-7-14-6-5-10-17-12-14/h14,17H,2-12H2,1H3,(H,18,21)(H,19,20). The predicted molar refractivity (Wildman–Crippen MR) is 82.9 cm³/mol. The molecule has 2 rings (SSSR count). The topological polar surface area (TPSA) is 70.2 Å². The fourth-order valence-electron chi connectivity index (χ4n) is 3.63. The molecule has 1 saturated carbocycles. The molecule has 120 valence electrons. The average molecular weight is 295 g/mol. The smallest absolute Gasteiger partial charge is 0.245 e. The van der Waals surface area contributed by atoms with Crippen LogP contribution in [0.3, 0.4) is 0 Å². The van der Waals surface area contributed by atoms with Gasteiger partial charge in [0.25, 0.3) is 0 Å². The first-order valence-electron chi connectivity index (χ1n) is 8.40. The van der Waals surface area contributed by atoms with Crippen molar-refractivity contribution >= 4 is 11.8 Å². The molecule has 1 aliphatic carbocycles. The third kappa shape index (κ3) is 4.70. The Balaban J connectivity index is 1.81. The second kappa shape index (κ2) is 7.78. The number of carbonyl (C=O) groups is 2. The molecular weight excluding hydrogens is 266 g/mol. The van der Waals surface area contributed by atoms with E-state index in [-0.39, 0.29) is 11.8 Å². The maximum Gasteiger partial charge on any atom is 0.245 e. The summed E-state index contributed by atoms with van der Waals surface area (Å²) in [4.78, 5) is 24.0. The number of carbonyl (C=O) groups excluding carboxylic acids is 2. The Bertz CT molecular complexity index is 359. The molecular formula is C16H29N3O2. The molecule has 0 bridgehead atoms. The van der Waals surface area contributed by atoms with Crippen LogP contribution in [-0.2, 0) is 9.59 Å². The molecule has 1 atom stereocenters. The largest absolute Gasteiger partial charge is 0.354 e. The molecule has 1 heterocycles. The summed E-state index contributed by atoms with van der Waals surface area (Å²) in [6.45, 7) is 4.39. The summed E-state index contributed by atoms with van der Waals surface area (Å²) in [5.74, 6) is 0.576. The van der Waals surface area contributed by atoms with E-state index in [1.54, 1.807) is 0 Å². The molecule has 21 heavy (non-hydrogen) atoms. The molecule has 0 aromatic rings. The van der Waals surface area contributed by atoms with Gasteiger partial charge in [-0.25, -0.2) is 0 Å². The van der Waals surface area contributed by atoms with Crippen molar-refractivity contribution in [2.45, 2.75) is 63.8 Å². The summed E-state index contributed by atoms with van der Waals surface area (Å²) in [6, 6.07) is 0. The Morgan fingerprint density at radius 3 is 2.57 bits per heavy atom. The second-order valence-corrected chi connectivity index (χ2v) is 6.58. The highest BCUT2D eigenvalue weighted by atomic mass is 16.2. The van der Waals surface area contributed by atoms with Gasteiger partial charge in [-0.05, 0) is 51.1 Å². The Morgan fingerprint density at radius 1 is 1.19 bits per heavy atom. The molecule has 3 N–H and O–H groups in total. The molecule has 0 aromatic heterocycles. The highest BCUT2D eigenvalue weighted by molar-refractivity contribution is 5.91. The normalized spacial score (nSPS) is 25.1. The van der Waals surface area contributed by atoms with E-state index in [4.69, 9.17) is 0 Å². The van der Waals surface area contributed by atoms with E-state index in [1.165, 1.54) is 19.8 Å². The molecule has 5 heteroatoms. The van der Waals surface area contributed by atoms with Gasteiger partial charge >= 0.3 is 0 Å². The summed E-state index contributed by atoms with van der Waals surface area (Å²) in [5, 5.41) is 9.38. The van der Waals surface area contributed by atoms with Gasteiger partial charge in [0.1, 0.15) is 5.54 Å². The van der Waals surface area contributed by atoms with E-state index in [2.05, 4.69) is 16.0 Å². The van der Waals surface area contributed by atoms with Gasteiger partial charge in [-0.2, -0.15) is 0 Å². The van der Waals surface area contributed by atoms with Gasteiger partial charge in [-0.1, -0.05) is 19.3 Å². The fraction of sp³-hybridized carbons (Fsp3) is 0.875. The summed E-state index contributed by atoms with van der Waals surface area (Å²) in [7, 11) is 0. The minimum absolute atomic E-state index is 0.0150. The first-order valence-corrected chi connectivity index (χ1v) is 8.40. The molecule has 2 fully saturated rings. The van der Waals surface area contributed by atoms with Crippen molar-refractivity contribution in [2.75, 3.05) is 19.6 Å². The molecule has 0 radical (unpaired) electrons. The van der Waals surface area contributed by atoms with Crippen molar-refractivity contribution in [3.8, 4) is 0 Å². The molecule has 0 spiro atoms. The van der Waals surface area contributed by atoms with Crippen molar-refractivity contribution in [3.63, 3.8) is 0 Å². The van der Waals surface area contributed by atoms with Crippen LogP contribution >= 0.6 is 0 Å². The first kappa shape index (κ1) is 16.3. The van der Waals surface area contributed by atoms with Crippen LogP contribution in [0.15, 0.2) is 0 Å². The monoisotopic (exact) mass is 295 g/mol.